The molecule has 0 radical (unpaired) electrons. The van der Waals surface area contributed by atoms with Crippen LogP contribution >= 0.6 is 0 Å². The van der Waals surface area contributed by atoms with Crippen molar-refractivity contribution in [3.63, 3.8) is 0 Å². The van der Waals surface area contributed by atoms with Crippen molar-refractivity contribution in [1.29, 1.82) is 0 Å². The Morgan fingerprint density at radius 2 is 0.958 bits per heavy atom. The topological polar surface area (TPSA) is 13.1 Å². The molecule has 112 valence electrons. The van der Waals surface area contributed by atoms with Gasteiger partial charge < -0.3 is 13.9 Å². The maximum Gasteiger partial charge on any atom is 0.363 e. The summed E-state index contributed by atoms with van der Waals surface area (Å²) in [5.41, 5.74) is 7.61. The Bertz CT molecular complexity index is 1010. The Labute approximate surface area is 140 Å². The molecule has 0 N–H and O–H groups in total. The summed E-state index contributed by atoms with van der Waals surface area (Å²) >= 11 is 0. The van der Waals surface area contributed by atoms with Gasteiger partial charge in [0, 0.05) is 23.6 Å². The highest BCUT2D eigenvalue weighted by Gasteiger charge is 2.42. The van der Waals surface area contributed by atoms with Gasteiger partial charge in [0.15, 0.2) is 0 Å². The van der Waals surface area contributed by atoms with Crippen LogP contribution in [0, 0.1) is 0 Å². The van der Waals surface area contributed by atoms with Crippen molar-refractivity contribution in [2.24, 2.45) is 0 Å². The summed E-state index contributed by atoms with van der Waals surface area (Å²) in [7, 11) is 0. The Morgan fingerprint density at radius 3 is 1.46 bits per heavy atom. The number of benzene rings is 2. The number of aromatic nitrogens is 2. The van der Waals surface area contributed by atoms with Gasteiger partial charge in [0.2, 0.25) is 0 Å². The van der Waals surface area contributed by atoms with Gasteiger partial charge in [-0.3, -0.25) is 0 Å². The van der Waals surface area contributed by atoms with Crippen LogP contribution in [-0.4, -0.2) is 16.0 Å². The molecule has 2 aromatic carbocycles. The van der Waals surface area contributed by atoms with E-state index in [1.54, 1.807) is 0 Å². The fourth-order valence-corrected chi connectivity index (χ4v) is 4.24. The molecule has 0 fully saturated rings. The molecule has 0 aliphatic carbocycles. The van der Waals surface area contributed by atoms with E-state index < -0.39 is 0 Å². The molecule has 0 atom stereocenters. The van der Waals surface area contributed by atoms with Crippen LogP contribution in [-0.2, 0) is 0 Å². The van der Waals surface area contributed by atoms with Crippen LogP contribution in [0.2, 0.25) is 0 Å². The third-order valence-corrected chi connectivity index (χ3v) is 5.18. The summed E-state index contributed by atoms with van der Waals surface area (Å²) in [6.45, 7) is 0.194. The second-order valence-electron chi connectivity index (χ2n) is 6.36. The van der Waals surface area contributed by atoms with Gasteiger partial charge in [-0.2, -0.15) is 0 Å². The van der Waals surface area contributed by atoms with Crippen molar-refractivity contribution in [1.82, 2.24) is 9.13 Å². The van der Waals surface area contributed by atoms with Crippen molar-refractivity contribution >= 4 is 29.4 Å². The molecule has 4 aromatic rings. The van der Waals surface area contributed by atoms with E-state index in [1.807, 2.05) is 0 Å². The number of hydrogen-bond donors (Lipinski definition) is 0. The SMILES string of the molecule is c1ccc2c(c1)N1B(c3cccn3-2)c2cccn2-c2ccccc21. The lowest BCUT2D eigenvalue weighted by atomic mass is 9.51. The fraction of sp³-hybridized carbons (Fsp3) is 0. The van der Waals surface area contributed by atoms with Crippen LogP contribution in [0.4, 0.5) is 11.4 Å². The second-order valence-corrected chi connectivity index (χ2v) is 6.36. The molecule has 2 aliphatic heterocycles. The van der Waals surface area contributed by atoms with Crippen LogP contribution in [0.3, 0.4) is 0 Å². The molecule has 0 saturated heterocycles. The molecule has 4 heteroatoms. The predicted octanol–water partition coefficient (Wildman–Crippen LogP) is 2.84. The molecular formula is C20H14BN3. The smallest absolute Gasteiger partial charge is 0.363 e. The molecule has 4 heterocycles. The highest BCUT2D eigenvalue weighted by Crippen LogP contribution is 2.39. The third kappa shape index (κ3) is 1.35. The average molecular weight is 307 g/mol. The predicted molar refractivity (Wildman–Crippen MR) is 98.7 cm³/mol. The molecule has 2 aliphatic rings. The van der Waals surface area contributed by atoms with Crippen molar-refractivity contribution < 1.29 is 0 Å². The van der Waals surface area contributed by atoms with E-state index in [-0.39, 0.29) is 6.85 Å². The number of nitrogens with zero attached hydrogens (tertiary/aromatic N) is 3. The zero-order valence-electron chi connectivity index (χ0n) is 13.0. The summed E-state index contributed by atoms with van der Waals surface area (Å²) in [5.74, 6) is 0. The quantitative estimate of drug-likeness (QED) is 0.455. The number of hydrogen-bond acceptors (Lipinski definition) is 1. The maximum atomic E-state index is 2.48. The van der Waals surface area contributed by atoms with E-state index in [2.05, 4.69) is 99.1 Å². The second kappa shape index (κ2) is 4.23. The van der Waals surface area contributed by atoms with Crippen molar-refractivity contribution in [3.8, 4) is 11.4 Å². The molecule has 0 saturated carbocycles. The van der Waals surface area contributed by atoms with Gasteiger partial charge in [0.05, 0.1) is 22.7 Å². The molecule has 0 spiro atoms. The van der Waals surface area contributed by atoms with Crippen molar-refractivity contribution in [3.05, 3.63) is 85.2 Å². The zero-order chi connectivity index (χ0) is 15.7. The van der Waals surface area contributed by atoms with Gasteiger partial charge in [-0.15, -0.1) is 0 Å². The highest BCUT2D eigenvalue weighted by molar-refractivity contribution is 6.89. The van der Waals surface area contributed by atoms with E-state index in [0.717, 1.165) is 0 Å². The minimum Gasteiger partial charge on any atom is -0.372 e. The van der Waals surface area contributed by atoms with Crippen LogP contribution in [0.15, 0.2) is 85.2 Å². The van der Waals surface area contributed by atoms with Gasteiger partial charge in [-0.1, -0.05) is 24.3 Å². The summed E-state index contributed by atoms with van der Waals surface area (Å²) in [5, 5.41) is 0. The lowest BCUT2D eigenvalue weighted by molar-refractivity contribution is 1.04. The van der Waals surface area contributed by atoms with Crippen LogP contribution in [0.5, 0.6) is 0 Å². The number of fused-ring (bicyclic) bond motifs is 11. The summed E-state index contributed by atoms with van der Waals surface area (Å²) < 4.78 is 4.64. The van der Waals surface area contributed by atoms with Gasteiger partial charge in [0.1, 0.15) is 0 Å². The number of para-hydroxylation sites is 4. The van der Waals surface area contributed by atoms with E-state index in [9.17, 15) is 0 Å². The van der Waals surface area contributed by atoms with E-state index in [1.165, 1.54) is 33.9 Å². The summed E-state index contributed by atoms with van der Waals surface area (Å²) in [6.07, 6.45) is 4.33. The Balaban J connectivity index is 1.77. The van der Waals surface area contributed by atoms with Crippen LogP contribution < -0.4 is 16.0 Å². The maximum absolute atomic E-state index is 2.48. The third-order valence-electron chi connectivity index (χ3n) is 5.18. The molecule has 24 heavy (non-hydrogen) atoms. The molecule has 6 rings (SSSR count). The molecule has 2 aromatic heterocycles. The average Bonchev–Trinajstić information content (AvgIpc) is 3.31. The normalized spacial score (nSPS) is 13.7. The lowest BCUT2D eigenvalue weighted by Gasteiger charge is -2.42. The minimum atomic E-state index is 0.194. The molecule has 0 amide bonds. The van der Waals surface area contributed by atoms with E-state index >= 15 is 0 Å². The first-order valence-corrected chi connectivity index (χ1v) is 8.26. The van der Waals surface area contributed by atoms with Gasteiger partial charge in [0.25, 0.3) is 0 Å². The Hall–Kier alpha value is -3.14. The monoisotopic (exact) mass is 307 g/mol. The fourth-order valence-electron chi connectivity index (χ4n) is 4.24. The van der Waals surface area contributed by atoms with Gasteiger partial charge in [-0.25, -0.2) is 0 Å². The lowest BCUT2D eigenvalue weighted by Crippen LogP contribution is -2.63. The van der Waals surface area contributed by atoms with Gasteiger partial charge in [-0.05, 0) is 48.5 Å². The molecule has 0 unspecified atom stereocenters. The first-order valence-electron chi connectivity index (χ1n) is 8.26. The summed E-state index contributed by atoms with van der Waals surface area (Å²) in [6, 6.07) is 26.1. The molecule has 3 nitrogen and oxygen atoms in total. The first kappa shape index (κ1) is 12.3. The van der Waals surface area contributed by atoms with Crippen LogP contribution in [0.25, 0.3) is 11.4 Å². The van der Waals surface area contributed by atoms with E-state index in [0.29, 0.717) is 0 Å². The Morgan fingerprint density at radius 1 is 0.500 bits per heavy atom. The molecular weight excluding hydrogens is 293 g/mol. The number of rotatable bonds is 0. The van der Waals surface area contributed by atoms with E-state index in [4.69, 9.17) is 0 Å². The standard InChI is InChI=1S/C20H14BN3/c1-3-9-17-15(7-1)22-13-5-11-19(22)21-20-12-6-14-23(20)16-8-2-4-10-18(16)24(17)21/h1-14H. The van der Waals surface area contributed by atoms with Gasteiger partial charge >= 0.3 is 6.85 Å². The Kier molecular flexibility index (Phi) is 2.17. The molecule has 0 bridgehead atoms. The van der Waals surface area contributed by atoms with Crippen LogP contribution in [0.1, 0.15) is 0 Å². The highest BCUT2D eigenvalue weighted by atomic mass is 15.2. The van der Waals surface area contributed by atoms with Crippen molar-refractivity contribution in [2.75, 3.05) is 4.81 Å². The minimum absolute atomic E-state index is 0.194. The van der Waals surface area contributed by atoms with Crippen molar-refractivity contribution in [2.45, 2.75) is 0 Å². The largest absolute Gasteiger partial charge is 0.372 e. The number of anilines is 2. The summed E-state index contributed by atoms with van der Waals surface area (Å²) in [4.78, 5) is 2.48. The first-order chi connectivity index (χ1) is 11.9. The zero-order valence-corrected chi connectivity index (χ0v) is 13.0.